The van der Waals surface area contributed by atoms with Crippen molar-refractivity contribution in [3.63, 3.8) is 0 Å². The van der Waals surface area contributed by atoms with Crippen LogP contribution < -0.4 is 0 Å². The highest BCUT2D eigenvalue weighted by Crippen LogP contribution is 2.50. The maximum Gasteiger partial charge on any atom is 0.476 e. The maximum atomic E-state index is 12.0. The number of ether oxygens (including phenoxy) is 1. The summed E-state index contributed by atoms with van der Waals surface area (Å²) in [7, 11) is -3.93. The molecule has 0 aromatic heterocycles. The lowest BCUT2D eigenvalue weighted by molar-refractivity contribution is -0.156. The fourth-order valence-electron chi connectivity index (χ4n) is 1.04. The lowest BCUT2D eigenvalue weighted by atomic mass is 10.3. The second kappa shape index (κ2) is 8.37. The number of rotatable bonds is 9. The number of hydrogen-bond acceptors (Lipinski definition) is 7. The third-order valence-corrected chi connectivity index (χ3v) is 3.30. The Balaban J connectivity index is 4.87. The first-order valence-electron chi connectivity index (χ1n) is 5.64. The summed E-state index contributed by atoms with van der Waals surface area (Å²) in [5.41, 5.74) is 0. The van der Waals surface area contributed by atoms with E-state index < -0.39 is 25.7 Å². The lowest BCUT2D eigenvalue weighted by Gasteiger charge is -2.20. The molecular formula is C10H19O7P. The zero-order valence-corrected chi connectivity index (χ0v) is 11.9. The summed E-state index contributed by atoms with van der Waals surface area (Å²) in [4.78, 5) is 22.8. The van der Waals surface area contributed by atoms with Crippen LogP contribution in [0.4, 0.5) is 0 Å². The van der Waals surface area contributed by atoms with Crippen molar-refractivity contribution >= 4 is 19.6 Å². The molecule has 0 heterocycles. The average molecular weight is 282 g/mol. The van der Waals surface area contributed by atoms with Gasteiger partial charge in [-0.1, -0.05) is 0 Å². The van der Waals surface area contributed by atoms with Gasteiger partial charge in [0.25, 0.3) is 0 Å². The molecular weight excluding hydrogens is 263 g/mol. The van der Waals surface area contributed by atoms with Gasteiger partial charge in [0.2, 0.25) is 6.10 Å². The highest BCUT2D eigenvalue weighted by molar-refractivity contribution is 7.48. The van der Waals surface area contributed by atoms with Gasteiger partial charge in [0.15, 0.2) is 5.78 Å². The standard InChI is InChI=1S/C10H19O7P/c1-5-14-10(12)9(8(4)11)17-18(13,15-6-2)16-7-3/h9H,5-7H2,1-4H3. The number of ketones is 1. The molecule has 7 nitrogen and oxygen atoms in total. The van der Waals surface area contributed by atoms with E-state index in [2.05, 4.69) is 4.74 Å². The van der Waals surface area contributed by atoms with Crippen LogP contribution in [0, 0.1) is 0 Å². The van der Waals surface area contributed by atoms with Crippen molar-refractivity contribution in [2.45, 2.75) is 33.8 Å². The molecule has 0 aliphatic carbocycles. The van der Waals surface area contributed by atoms with Crippen LogP contribution in [0.1, 0.15) is 27.7 Å². The van der Waals surface area contributed by atoms with Crippen LogP contribution >= 0.6 is 7.82 Å². The monoisotopic (exact) mass is 282 g/mol. The van der Waals surface area contributed by atoms with Crippen LogP contribution in [0.5, 0.6) is 0 Å². The summed E-state index contributed by atoms with van der Waals surface area (Å²) < 4.78 is 31.2. The Kier molecular flexibility index (Phi) is 8.02. The number of carbonyl (C=O) groups excluding carboxylic acids is 2. The Morgan fingerprint density at radius 3 is 1.89 bits per heavy atom. The summed E-state index contributed by atoms with van der Waals surface area (Å²) in [6.45, 7) is 6.09. The first-order chi connectivity index (χ1) is 8.40. The van der Waals surface area contributed by atoms with E-state index in [4.69, 9.17) is 13.6 Å². The van der Waals surface area contributed by atoms with Gasteiger partial charge in [0.05, 0.1) is 19.8 Å². The molecule has 0 aliphatic rings. The van der Waals surface area contributed by atoms with Gasteiger partial charge < -0.3 is 4.74 Å². The van der Waals surface area contributed by atoms with E-state index in [1.54, 1.807) is 20.8 Å². The van der Waals surface area contributed by atoms with Gasteiger partial charge in [-0.25, -0.2) is 9.36 Å². The van der Waals surface area contributed by atoms with Gasteiger partial charge in [-0.05, 0) is 27.7 Å². The van der Waals surface area contributed by atoms with Gasteiger partial charge in [-0.2, -0.15) is 0 Å². The fraction of sp³-hybridized carbons (Fsp3) is 0.800. The second-order valence-electron chi connectivity index (χ2n) is 3.13. The normalized spacial score (nSPS) is 13.1. The molecule has 0 saturated carbocycles. The van der Waals surface area contributed by atoms with Crippen LogP contribution in [-0.2, 0) is 32.5 Å². The van der Waals surface area contributed by atoms with Gasteiger partial charge in [-0.15, -0.1) is 0 Å². The predicted molar refractivity (Wildman–Crippen MR) is 63.0 cm³/mol. The number of phosphoric ester groups is 1. The molecule has 0 N–H and O–H groups in total. The first kappa shape index (κ1) is 17.2. The SMILES string of the molecule is CCOC(=O)C(OP(=O)(OCC)OCC)C(C)=O. The van der Waals surface area contributed by atoms with Crippen molar-refractivity contribution in [3.8, 4) is 0 Å². The van der Waals surface area contributed by atoms with Crippen LogP contribution in [-0.4, -0.2) is 37.7 Å². The Hall–Kier alpha value is -0.750. The predicted octanol–water partition coefficient (Wildman–Crippen LogP) is 1.70. The minimum Gasteiger partial charge on any atom is -0.464 e. The zero-order chi connectivity index (χ0) is 14.2. The van der Waals surface area contributed by atoms with Crippen molar-refractivity contribution in [1.82, 2.24) is 0 Å². The van der Waals surface area contributed by atoms with E-state index in [-0.39, 0.29) is 19.8 Å². The Morgan fingerprint density at radius 2 is 1.56 bits per heavy atom. The smallest absolute Gasteiger partial charge is 0.464 e. The number of hydrogen-bond donors (Lipinski definition) is 0. The lowest BCUT2D eigenvalue weighted by Crippen LogP contribution is -2.32. The van der Waals surface area contributed by atoms with E-state index >= 15 is 0 Å². The Morgan fingerprint density at radius 1 is 1.06 bits per heavy atom. The topological polar surface area (TPSA) is 88.1 Å². The molecule has 8 heteroatoms. The van der Waals surface area contributed by atoms with Crippen molar-refractivity contribution in [1.29, 1.82) is 0 Å². The van der Waals surface area contributed by atoms with Gasteiger partial charge in [0, 0.05) is 0 Å². The van der Waals surface area contributed by atoms with E-state index in [1.165, 1.54) is 0 Å². The van der Waals surface area contributed by atoms with Gasteiger partial charge in [-0.3, -0.25) is 18.4 Å². The van der Waals surface area contributed by atoms with E-state index in [0.29, 0.717) is 0 Å². The Labute approximate surface area is 106 Å². The molecule has 0 radical (unpaired) electrons. The minimum atomic E-state index is -3.93. The van der Waals surface area contributed by atoms with E-state index in [9.17, 15) is 14.2 Å². The highest BCUT2D eigenvalue weighted by Gasteiger charge is 2.37. The largest absolute Gasteiger partial charge is 0.476 e. The van der Waals surface area contributed by atoms with Crippen molar-refractivity contribution in [2.75, 3.05) is 19.8 Å². The summed E-state index contributed by atoms with van der Waals surface area (Å²) in [6, 6.07) is 0. The molecule has 0 saturated heterocycles. The summed E-state index contributed by atoms with van der Waals surface area (Å²) in [6.07, 6.45) is -1.60. The van der Waals surface area contributed by atoms with Gasteiger partial charge >= 0.3 is 13.8 Å². The molecule has 0 fully saturated rings. The summed E-state index contributed by atoms with van der Waals surface area (Å²) in [5.74, 6) is -1.54. The molecule has 0 aromatic rings. The molecule has 0 rings (SSSR count). The molecule has 0 bridgehead atoms. The molecule has 0 amide bonds. The zero-order valence-electron chi connectivity index (χ0n) is 11.0. The van der Waals surface area contributed by atoms with Crippen LogP contribution in [0.25, 0.3) is 0 Å². The number of esters is 1. The van der Waals surface area contributed by atoms with E-state index in [1.807, 2.05) is 0 Å². The van der Waals surface area contributed by atoms with Crippen molar-refractivity contribution < 1.29 is 32.5 Å². The Bertz CT molecular complexity index is 318. The molecule has 106 valence electrons. The molecule has 0 aliphatic heterocycles. The third kappa shape index (κ3) is 5.73. The minimum absolute atomic E-state index is 0.0602. The summed E-state index contributed by atoms with van der Waals surface area (Å²) >= 11 is 0. The van der Waals surface area contributed by atoms with Gasteiger partial charge in [0.1, 0.15) is 0 Å². The van der Waals surface area contributed by atoms with Crippen LogP contribution in [0.15, 0.2) is 0 Å². The molecule has 18 heavy (non-hydrogen) atoms. The highest BCUT2D eigenvalue weighted by atomic mass is 31.2. The summed E-state index contributed by atoms with van der Waals surface area (Å²) in [5, 5.41) is 0. The second-order valence-corrected chi connectivity index (χ2v) is 4.75. The molecule has 0 aromatic carbocycles. The molecule has 1 unspecified atom stereocenters. The van der Waals surface area contributed by atoms with Crippen LogP contribution in [0.3, 0.4) is 0 Å². The van der Waals surface area contributed by atoms with Crippen molar-refractivity contribution in [3.05, 3.63) is 0 Å². The number of phosphoric acid groups is 1. The quantitative estimate of drug-likeness (QED) is 0.361. The number of Topliss-reactive ketones (excluding diaryl/α,β-unsaturated/α-hetero) is 1. The first-order valence-corrected chi connectivity index (χ1v) is 7.10. The molecule has 0 spiro atoms. The number of carbonyl (C=O) groups is 2. The van der Waals surface area contributed by atoms with Crippen LogP contribution in [0.2, 0.25) is 0 Å². The molecule has 1 atom stereocenters. The van der Waals surface area contributed by atoms with Crippen molar-refractivity contribution in [2.24, 2.45) is 0 Å². The van der Waals surface area contributed by atoms with E-state index in [0.717, 1.165) is 6.92 Å². The maximum absolute atomic E-state index is 12.0. The average Bonchev–Trinajstić information content (AvgIpc) is 2.26. The fourth-order valence-corrected chi connectivity index (χ4v) is 2.37. The third-order valence-electron chi connectivity index (χ3n) is 1.68.